The summed E-state index contributed by atoms with van der Waals surface area (Å²) >= 11 is 0. The first-order valence-corrected chi connectivity index (χ1v) is 6.68. The molecule has 1 unspecified atom stereocenters. The van der Waals surface area contributed by atoms with Gasteiger partial charge in [-0.05, 0) is 18.9 Å². The Hall–Kier alpha value is -1.26. The van der Waals surface area contributed by atoms with Crippen LogP contribution in [0, 0.1) is 5.92 Å². The number of rotatable bonds is 6. The van der Waals surface area contributed by atoms with Gasteiger partial charge < -0.3 is 15.4 Å². The summed E-state index contributed by atoms with van der Waals surface area (Å²) in [4.78, 5) is 13.8. The number of amides is 1. The van der Waals surface area contributed by atoms with E-state index in [2.05, 4.69) is 0 Å². The maximum Gasteiger partial charge on any atom is 0.239 e. The molecule has 4 nitrogen and oxygen atoms in total. The first-order chi connectivity index (χ1) is 8.97. The van der Waals surface area contributed by atoms with E-state index in [1.807, 2.05) is 45.0 Å². The normalized spacial score (nSPS) is 11.7. The Kier molecular flexibility index (Phi) is 8.26. The van der Waals surface area contributed by atoms with Crippen molar-refractivity contribution in [3.8, 4) is 5.75 Å². The van der Waals surface area contributed by atoms with Gasteiger partial charge in [-0.25, -0.2) is 0 Å². The number of likely N-dealkylation sites (N-methyl/N-ethyl adjacent to an activating group) is 1. The topological polar surface area (TPSA) is 55.6 Å². The van der Waals surface area contributed by atoms with Crippen LogP contribution in [0.4, 0.5) is 0 Å². The third-order valence-corrected chi connectivity index (χ3v) is 3.06. The lowest BCUT2D eigenvalue weighted by atomic mass is 10.0. The van der Waals surface area contributed by atoms with Gasteiger partial charge >= 0.3 is 0 Å². The van der Waals surface area contributed by atoms with Crippen molar-refractivity contribution >= 4 is 18.3 Å². The minimum absolute atomic E-state index is 0. The Morgan fingerprint density at radius 1 is 1.35 bits per heavy atom. The Balaban J connectivity index is 0.00000361. The number of nitrogens with two attached hydrogens (primary N) is 1. The second-order valence-electron chi connectivity index (χ2n) is 5.00. The van der Waals surface area contributed by atoms with Gasteiger partial charge in [-0.1, -0.05) is 32.0 Å². The van der Waals surface area contributed by atoms with E-state index in [-0.39, 0.29) is 24.2 Å². The number of halogens is 1. The molecule has 0 fully saturated rings. The number of carbonyl (C=O) groups excluding carboxylic acids is 1. The van der Waals surface area contributed by atoms with Crippen LogP contribution in [-0.2, 0) is 11.3 Å². The molecule has 0 saturated carbocycles. The molecule has 20 heavy (non-hydrogen) atoms. The quantitative estimate of drug-likeness (QED) is 0.878. The van der Waals surface area contributed by atoms with Gasteiger partial charge in [0.1, 0.15) is 5.75 Å². The zero-order valence-corrected chi connectivity index (χ0v) is 13.4. The summed E-state index contributed by atoms with van der Waals surface area (Å²) in [5, 5.41) is 0. The van der Waals surface area contributed by atoms with Crippen molar-refractivity contribution in [1.82, 2.24) is 4.90 Å². The Morgan fingerprint density at radius 3 is 2.50 bits per heavy atom. The van der Waals surface area contributed by atoms with Crippen LogP contribution in [0.3, 0.4) is 0 Å². The summed E-state index contributed by atoms with van der Waals surface area (Å²) in [6.07, 6.45) is 0. The maximum absolute atomic E-state index is 12.1. The van der Waals surface area contributed by atoms with E-state index in [4.69, 9.17) is 10.5 Å². The molecule has 0 saturated heterocycles. The molecule has 114 valence electrons. The summed E-state index contributed by atoms with van der Waals surface area (Å²) in [6, 6.07) is 7.30. The van der Waals surface area contributed by atoms with E-state index in [0.29, 0.717) is 13.2 Å². The summed E-state index contributed by atoms with van der Waals surface area (Å²) in [6.45, 7) is 6.96. The van der Waals surface area contributed by atoms with Crippen molar-refractivity contribution < 1.29 is 9.53 Å². The van der Waals surface area contributed by atoms with E-state index in [1.54, 1.807) is 11.9 Å². The van der Waals surface area contributed by atoms with Crippen molar-refractivity contribution in [2.24, 2.45) is 11.7 Å². The molecular formula is C15H25ClN2O2. The molecule has 0 spiro atoms. The molecule has 0 radical (unpaired) electrons. The van der Waals surface area contributed by atoms with E-state index in [1.165, 1.54) is 0 Å². The smallest absolute Gasteiger partial charge is 0.239 e. The van der Waals surface area contributed by atoms with Crippen LogP contribution >= 0.6 is 12.4 Å². The maximum atomic E-state index is 12.1. The van der Waals surface area contributed by atoms with Crippen molar-refractivity contribution in [3.63, 3.8) is 0 Å². The fourth-order valence-electron chi connectivity index (χ4n) is 1.80. The molecule has 5 heteroatoms. The van der Waals surface area contributed by atoms with Crippen LogP contribution in [0.25, 0.3) is 0 Å². The van der Waals surface area contributed by atoms with Gasteiger partial charge in [-0.15, -0.1) is 12.4 Å². The molecule has 0 aliphatic rings. The minimum Gasteiger partial charge on any atom is -0.494 e. The minimum atomic E-state index is -0.454. The predicted octanol–water partition coefficient (Wildman–Crippen LogP) is 2.45. The van der Waals surface area contributed by atoms with Gasteiger partial charge in [0, 0.05) is 19.2 Å². The highest BCUT2D eigenvalue weighted by molar-refractivity contribution is 5.85. The monoisotopic (exact) mass is 300 g/mol. The molecule has 1 amide bonds. The van der Waals surface area contributed by atoms with Gasteiger partial charge in [0.2, 0.25) is 5.91 Å². The van der Waals surface area contributed by atoms with Crippen molar-refractivity contribution in [3.05, 3.63) is 29.8 Å². The molecule has 0 aliphatic carbocycles. The van der Waals surface area contributed by atoms with Crippen molar-refractivity contribution in [2.75, 3.05) is 13.7 Å². The zero-order valence-electron chi connectivity index (χ0n) is 12.6. The van der Waals surface area contributed by atoms with Gasteiger partial charge in [-0.2, -0.15) is 0 Å². The fourth-order valence-corrected chi connectivity index (χ4v) is 1.80. The number of ether oxygens (including phenoxy) is 1. The zero-order chi connectivity index (χ0) is 14.4. The lowest BCUT2D eigenvalue weighted by molar-refractivity contribution is -0.132. The lowest BCUT2D eigenvalue weighted by Gasteiger charge is -2.24. The average Bonchev–Trinajstić information content (AvgIpc) is 2.39. The number of hydrogen-bond donors (Lipinski definition) is 1. The second-order valence-corrected chi connectivity index (χ2v) is 5.00. The number of benzene rings is 1. The van der Waals surface area contributed by atoms with Crippen LogP contribution < -0.4 is 10.5 Å². The second kappa shape index (κ2) is 8.82. The van der Waals surface area contributed by atoms with E-state index < -0.39 is 6.04 Å². The van der Waals surface area contributed by atoms with Crippen molar-refractivity contribution in [1.29, 1.82) is 0 Å². The van der Waals surface area contributed by atoms with E-state index in [0.717, 1.165) is 11.3 Å². The Bertz CT molecular complexity index is 424. The predicted molar refractivity (Wildman–Crippen MR) is 84.1 cm³/mol. The van der Waals surface area contributed by atoms with Crippen LogP contribution in [0.5, 0.6) is 5.75 Å². The van der Waals surface area contributed by atoms with E-state index >= 15 is 0 Å². The molecule has 0 bridgehead atoms. The number of para-hydroxylation sites is 1. The summed E-state index contributed by atoms with van der Waals surface area (Å²) < 4.78 is 5.56. The van der Waals surface area contributed by atoms with Gasteiger partial charge in [0.25, 0.3) is 0 Å². The largest absolute Gasteiger partial charge is 0.494 e. The molecule has 2 N–H and O–H groups in total. The first-order valence-electron chi connectivity index (χ1n) is 6.68. The van der Waals surface area contributed by atoms with E-state index in [9.17, 15) is 4.79 Å². The van der Waals surface area contributed by atoms with Gasteiger partial charge in [0.15, 0.2) is 0 Å². The molecule has 1 aromatic rings. The summed E-state index contributed by atoms with van der Waals surface area (Å²) in [7, 11) is 1.77. The third kappa shape index (κ3) is 5.02. The number of nitrogens with zero attached hydrogens (tertiary/aromatic N) is 1. The van der Waals surface area contributed by atoms with Gasteiger partial charge in [-0.3, -0.25) is 4.79 Å². The van der Waals surface area contributed by atoms with Crippen LogP contribution in [0.1, 0.15) is 26.3 Å². The highest BCUT2D eigenvalue weighted by Crippen LogP contribution is 2.19. The van der Waals surface area contributed by atoms with Crippen LogP contribution in [0.15, 0.2) is 24.3 Å². The molecule has 0 heterocycles. The van der Waals surface area contributed by atoms with Crippen LogP contribution in [0.2, 0.25) is 0 Å². The standard InChI is InChI=1S/C15H24N2O2.ClH/c1-5-19-13-9-7-6-8-12(13)10-17(4)15(18)14(16)11(2)3;/h6-9,11,14H,5,10,16H2,1-4H3;1H. The fraction of sp³-hybridized carbons (Fsp3) is 0.533. The summed E-state index contributed by atoms with van der Waals surface area (Å²) in [5.74, 6) is 0.918. The van der Waals surface area contributed by atoms with Gasteiger partial charge in [0.05, 0.1) is 12.6 Å². The molecule has 1 aromatic carbocycles. The highest BCUT2D eigenvalue weighted by atomic mass is 35.5. The molecule has 0 aliphatic heterocycles. The molecule has 0 aromatic heterocycles. The SMILES string of the molecule is CCOc1ccccc1CN(C)C(=O)C(N)C(C)C.Cl. The molecule has 1 atom stereocenters. The average molecular weight is 301 g/mol. The number of carbonyl (C=O) groups is 1. The third-order valence-electron chi connectivity index (χ3n) is 3.06. The molecular weight excluding hydrogens is 276 g/mol. The molecule has 1 rings (SSSR count). The lowest BCUT2D eigenvalue weighted by Crippen LogP contribution is -2.44. The Morgan fingerprint density at radius 2 is 1.95 bits per heavy atom. The first kappa shape index (κ1) is 18.7. The summed E-state index contributed by atoms with van der Waals surface area (Å²) in [5.41, 5.74) is 6.89. The van der Waals surface area contributed by atoms with Crippen LogP contribution in [-0.4, -0.2) is 30.5 Å². The Labute approximate surface area is 127 Å². The highest BCUT2D eigenvalue weighted by Gasteiger charge is 2.21. The number of hydrogen-bond acceptors (Lipinski definition) is 3. The van der Waals surface area contributed by atoms with Crippen molar-refractivity contribution in [2.45, 2.75) is 33.4 Å².